The van der Waals surface area contributed by atoms with Crippen molar-refractivity contribution < 1.29 is 4.79 Å². The Morgan fingerprint density at radius 3 is 2.94 bits per heavy atom. The van der Waals surface area contributed by atoms with E-state index in [9.17, 15) is 4.79 Å². The second-order valence-corrected chi connectivity index (χ2v) is 5.87. The van der Waals surface area contributed by atoms with Gasteiger partial charge in [-0.05, 0) is 36.8 Å². The molecule has 0 spiro atoms. The van der Waals surface area contributed by atoms with Crippen LogP contribution in [0.4, 0.5) is 0 Å². The molecule has 1 amide bonds. The van der Waals surface area contributed by atoms with Crippen molar-refractivity contribution >= 4 is 17.2 Å². The van der Waals surface area contributed by atoms with Crippen LogP contribution in [0.25, 0.3) is 0 Å². The van der Waals surface area contributed by atoms with Crippen molar-refractivity contribution in [1.82, 2.24) is 10.6 Å². The van der Waals surface area contributed by atoms with E-state index in [0.717, 1.165) is 19.4 Å². The summed E-state index contributed by atoms with van der Waals surface area (Å²) in [7, 11) is 0. The molecular formula is C13H20N2OS. The van der Waals surface area contributed by atoms with Crippen molar-refractivity contribution in [2.75, 3.05) is 6.54 Å². The number of carbonyl (C=O) groups is 1. The molecule has 17 heavy (non-hydrogen) atoms. The number of thiophene rings is 1. The second-order valence-electron chi connectivity index (χ2n) is 4.89. The minimum Gasteiger partial charge on any atom is -0.347 e. The van der Waals surface area contributed by atoms with Gasteiger partial charge in [0.15, 0.2) is 0 Å². The summed E-state index contributed by atoms with van der Waals surface area (Å²) in [5.41, 5.74) is 0. The van der Waals surface area contributed by atoms with Crippen LogP contribution >= 0.6 is 11.3 Å². The third kappa shape index (κ3) is 3.07. The van der Waals surface area contributed by atoms with Gasteiger partial charge in [0.2, 0.25) is 5.91 Å². The van der Waals surface area contributed by atoms with Crippen LogP contribution in [-0.4, -0.2) is 18.5 Å². The maximum Gasteiger partial charge on any atom is 0.237 e. The zero-order valence-corrected chi connectivity index (χ0v) is 11.2. The van der Waals surface area contributed by atoms with Crippen LogP contribution in [0.5, 0.6) is 0 Å². The number of carbonyl (C=O) groups excluding carboxylic acids is 1. The standard InChI is InChI=1S/C13H20N2OS/c1-9(2)12(11-6-4-8-17-11)15-13(16)10-5-3-7-14-10/h4,6,8-10,12,14H,3,5,7H2,1-2H3,(H,15,16)/t10-,12?/m1/s1. The largest absolute Gasteiger partial charge is 0.347 e. The van der Waals surface area contributed by atoms with Crippen LogP contribution in [0.3, 0.4) is 0 Å². The van der Waals surface area contributed by atoms with Gasteiger partial charge in [-0.3, -0.25) is 4.79 Å². The summed E-state index contributed by atoms with van der Waals surface area (Å²) in [6, 6.07) is 4.29. The molecule has 2 atom stereocenters. The number of rotatable bonds is 4. The number of nitrogens with one attached hydrogen (secondary N) is 2. The van der Waals surface area contributed by atoms with Crippen LogP contribution in [-0.2, 0) is 4.79 Å². The average Bonchev–Trinajstić information content (AvgIpc) is 2.97. The molecule has 3 nitrogen and oxygen atoms in total. The predicted octanol–water partition coefficient (Wildman–Crippen LogP) is 2.31. The lowest BCUT2D eigenvalue weighted by Gasteiger charge is -2.23. The highest BCUT2D eigenvalue weighted by molar-refractivity contribution is 7.10. The fourth-order valence-electron chi connectivity index (χ4n) is 2.20. The Morgan fingerprint density at radius 1 is 1.59 bits per heavy atom. The highest BCUT2D eigenvalue weighted by Crippen LogP contribution is 2.26. The summed E-state index contributed by atoms with van der Waals surface area (Å²) in [4.78, 5) is 13.3. The van der Waals surface area contributed by atoms with Crippen molar-refractivity contribution in [2.45, 2.75) is 38.8 Å². The first-order chi connectivity index (χ1) is 8.18. The van der Waals surface area contributed by atoms with Crippen LogP contribution < -0.4 is 10.6 Å². The van der Waals surface area contributed by atoms with Gasteiger partial charge in [-0.1, -0.05) is 19.9 Å². The van der Waals surface area contributed by atoms with Gasteiger partial charge in [0.05, 0.1) is 12.1 Å². The maximum absolute atomic E-state index is 12.1. The predicted molar refractivity (Wildman–Crippen MR) is 71.1 cm³/mol. The molecule has 94 valence electrons. The van der Waals surface area contributed by atoms with Crippen LogP contribution in [0.2, 0.25) is 0 Å². The highest BCUT2D eigenvalue weighted by Gasteiger charge is 2.26. The Bertz CT molecular complexity index is 356. The molecule has 1 aliphatic heterocycles. The molecule has 2 heterocycles. The molecule has 1 aromatic rings. The monoisotopic (exact) mass is 252 g/mol. The van der Waals surface area contributed by atoms with E-state index < -0.39 is 0 Å². The molecule has 1 saturated heterocycles. The summed E-state index contributed by atoms with van der Waals surface area (Å²) < 4.78 is 0. The molecule has 2 N–H and O–H groups in total. The Labute approximate surface area is 107 Å². The van der Waals surface area contributed by atoms with E-state index >= 15 is 0 Å². The van der Waals surface area contributed by atoms with Gasteiger partial charge in [-0.25, -0.2) is 0 Å². The number of hydrogen-bond acceptors (Lipinski definition) is 3. The minimum atomic E-state index is 0.0104. The van der Waals surface area contributed by atoms with Crippen molar-refractivity contribution in [3.63, 3.8) is 0 Å². The molecule has 0 saturated carbocycles. The van der Waals surface area contributed by atoms with Crippen molar-refractivity contribution in [2.24, 2.45) is 5.92 Å². The van der Waals surface area contributed by atoms with Gasteiger partial charge < -0.3 is 10.6 Å². The van der Waals surface area contributed by atoms with Crippen molar-refractivity contribution in [3.05, 3.63) is 22.4 Å². The van der Waals surface area contributed by atoms with E-state index in [2.05, 4.69) is 35.9 Å². The summed E-state index contributed by atoms with van der Waals surface area (Å²) >= 11 is 1.71. The molecular weight excluding hydrogens is 232 g/mol. The summed E-state index contributed by atoms with van der Waals surface area (Å²) in [6.45, 7) is 5.25. The Morgan fingerprint density at radius 2 is 2.41 bits per heavy atom. The van der Waals surface area contributed by atoms with Gasteiger partial charge in [0.1, 0.15) is 0 Å². The summed E-state index contributed by atoms with van der Waals surface area (Å²) in [5, 5.41) is 8.47. The Kier molecular flexibility index (Phi) is 4.18. The fourth-order valence-corrected chi connectivity index (χ4v) is 3.15. The average molecular weight is 252 g/mol. The molecule has 0 radical (unpaired) electrons. The fraction of sp³-hybridized carbons (Fsp3) is 0.615. The van der Waals surface area contributed by atoms with Crippen molar-refractivity contribution in [3.8, 4) is 0 Å². The second kappa shape index (κ2) is 5.65. The van der Waals surface area contributed by atoms with Crippen molar-refractivity contribution in [1.29, 1.82) is 0 Å². The van der Waals surface area contributed by atoms with Gasteiger partial charge >= 0.3 is 0 Å². The SMILES string of the molecule is CC(C)C(NC(=O)[C@H]1CCCN1)c1cccs1. The lowest BCUT2D eigenvalue weighted by Crippen LogP contribution is -2.43. The Hall–Kier alpha value is -0.870. The molecule has 0 aliphatic carbocycles. The van der Waals surface area contributed by atoms with Gasteiger partial charge in [0.25, 0.3) is 0 Å². The van der Waals surface area contributed by atoms with E-state index in [-0.39, 0.29) is 18.0 Å². The summed E-state index contributed by atoms with van der Waals surface area (Å²) in [6.07, 6.45) is 2.06. The van der Waals surface area contributed by atoms with E-state index in [1.807, 2.05) is 6.07 Å². The van der Waals surface area contributed by atoms with Gasteiger partial charge in [-0.2, -0.15) is 0 Å². The molecule has 4 heteroatoms. The van der Waals surface area contributed by atoms with E-state index in [1.54, 1.807) is 11.3 Å². The zero-order valence-electron chi connectivity index (χ0n) is 10.4. The first kappa shape index (κ1) is 12.6. The molecule has 0 bridgehead atoms. The first-order valence-electron chi connectivity index (χ1n) is 6.25. The maximum atomic E-state index is 12.1. The molecule has 0 aromatic carbocycles. The van der Waals surface area contributed by atoms with Crippen LogP contribution in [0.15, 0.2) is 17.5 Å². The zero-order chi connectivity index (χ0) is 12.3. The van der Waals surface area contributed by atoms with Crippen LogP contribution in [0.1, 0.15) is 37.6 Å². The van der Waals surface area contributed by atoms with E-state index in [0.29, 0.717) is 5.92 Å². The topological polar surface area (TPSA) is 41.1 Å². The van der Waals surface area contributed by atoms with Crippen LogP contribution in [0, 0.1) is 5.92 Å². The smallest absolute Gasteiger partial charge is 0.237 e. The molecule has 1 aromatic heterocycles. The van der Waals surface area contributed by atoms with Gasteiger partial charge in [-0.15, -0.1) is 11.3 Å². The minimum absolute atomic E-state index is 0.0104. The highest BCUT2D eigenvalue weighted by atomic mass is 32.1. The third-order valence-electron chi connectivity index (χ3n) is 3.19. The molecule has 1 aliphatic rings. The molecule has 1 fully saturated rings. The summed E-state index contributed by atoms with van der Waals surface area (Å²) in [5.74, 6) is 0.564. The third-order valence-corrected chi connectivity index (χ3v) is 4.15. The normalized spacial score (nSPS) is 21.7. The Balaban J connectivity index is 2.00. The number of amides is 1. The van der Waals surface area contributed by atoms with E-state index in [4.69, 9.17) is 0 Å². The lowest BCUT2D eigenvalue weighted by molar-refractivity contribution is -0.123. The molecule has 2 rings (SSSR count). The van der Waals surface area contributed by atoms with E-state index in [1.165, 1.54) is 4.88 Å². The lowest BCUT2D eigenvalue weighted by atomic mass is 10.0. The quantitative estimate of drug-likeness (QED) is 0.863. The van der Waals surface area contributed by atoms with Gasteiger partial charge in [0, 0.05) is 4.88 Å². The first-order valence-corrected chi connectivity index (χ1v) is 7.13. The number of hydrogen-bond donors (Lipinski definition) is 2. The molecule has 1 unspecified atom stereocenters.